The molecule has 118 valence electrons. The summed E-state index contributed by atoms with van der Waals surface area (Å²) in [5.74, 6) is 0. The van der Waals surface area contributed by atoms with Crippen molar-refractivity contribution in [2.45, 2.75) is 25.8 Å². The number of anilines is 1. The summed E-state index contributed by atoms with van der Waals surface area (Å²) in [5, 5.41) is 13.0. The van der Waals surface area contributed by atoms with Gasteiger partial charge in [-0.05, 0) is 37.5 Å². The van der Waals surface area contributed by atoms with Crippen LogP contribution in [0.5, 0.6) is 0 Å². The monoisotopic (exact) mass is 312 g/mol. The normalized spacial score (nSPS) is 16.4. The molecule has 0 bridgehead atoms. The van der Waals surface area contributed by atoms with Gasteiger partial charge in [0.25, 0.3) is 0 Å². The molecule has 1 heterocycles. The van der Waals surface area contributed by atoms with Crippen LogP contribution in [0.1, 0.15) is 18.4 Å². The number of halogens is 1. The zero-order valence-electron chi connectivity index (χ0n) is 12.6. The van der Waals surface area contributed by atoms with E-state index in [1.54, 1.807) is 0 Å². The Hall–Kier alpha value is -0.810. The molecule has 0 radical (unpaired) electrons. The smallest absolute Gasteiger partial charge is 0.0698 e. The molecule has 1 saturated heterocycles. The second-order valence-corrected chi connectivity index (χ2v) is 5.89. The lowest BCUT2D eigenvalue weighted by Crippen LogP contribution is -2.43. The molecule has 1 aliphatic heterocycles. The van der Waals surface area contributed by atoms with Crippen LogP contribution in [0.15, 0.2) is 18.2 Å². The minimum atomic E-state index is 0.0947. The van der Waals surface area contributed by atoms with Gasteiger partial charge < -0.3 is 20.1 Å². The number of aliphatic hydroxyl groups excluding tert-OH is 1. The molecular formula is C16H25ClN2O2. The largest absolute Gasteiger partial charge is 0.394 e. The minimum Gasteiger partial charge on any atom is -0.394 e. The molecule has 5 heteroatoms. The van der Waals surface area contributed by atoms with Gasteiger partial charge in [-0.15, -0.1) is 0 Å². The first-order chi connectivity index (χ1) is 10.2. The van der Waals surface area contributed by atoms with E-state index in [2.05, 4.69) is 28.4 Å². The Kier molecular flexibility index (Phi) is 6.77. The molecule has 0 unspecified atom stereocenters. The number of benzene rings is 1. The minimum absolute atomic E-state index is 0.0947. The van der Waals surface area contributed by atoms with Gasteiger partial charge in [0, 0.05) is 36.4 Å². The van der Waals surface area contributed by atoms with Crippen molar-refractivity contribution in [1.82, 2.24) is 5.32 Å². The highest BCUT2D eigenvalue weighted by Crippen LogP contribution is 2.25. The highest BCUT2D eigenvalue weighted by Gasteiger charge is 2.19. The van der Waals surface area contributed by atoms with E-state index < -0.39 is 0 Å². The average molecular weight is 313 g/mol. The van der Waals surface area contributed by atoms with E-state index in [0.29, 0.717) is 19.3 Å². The fourth-order valence-electron chi connectivity index (χ4n) is 2.62. The van der Waals surface area contributed by atoms with Gasteiger partial charge >= 0.3 is 0 Å². The number of aryl methyl sites for hydroxylation is 1. The third kappa shape index (κ3) is 5.15. The molecule has 1 aromatic rings. The summed E-state index contributed by atoms with van der Waals surface area (Å²) < 4.78 is 5.25. The van der Waals surface area contributed by atoms with Crippen LogP contribution in [0.3, 0.4) is 0 Å². The lowest BCUT2D eigenvalue weighted by atomic mass is 10.0. The van der Waals surface area contributed by atoms with E-state index >= 15 is 0 Å². The van der Waals surface area contributed by atoms with Crippen LogP contribution in [-0.2, 0) is 4.74 Å². The Morgan fingerprint density at radius 3 is 2.76 bits per heavy atom. The highest BCUT2D eigenvalue weighted by atomic mass is 35.5. The predicted octanol–water partition coefficient (Wildman–Crippen LogP) is 2.22. The average Bonchev–Trinajstić information content (AvgIpc) is 2.50. The fourth-order valence-corrected chi connectivity index (χ4v) is 2.80. The number of nitrogens with zero attached hydrogens (tertiary/aromatic N) is 1. The second-order valence-electron chi connectivity index (χ2n) is 5.48. The SMILES string of the molecule is Cc1ccc(N2CCC(NCCOCCO)CC2)cc1Cl. The quantitative estimate of drug-likeness (QED) is 0.758. The van der Waals surface area contributed by atoms with Crippen molar-refractivity contribution in [1.29, 1.82) is 0 Å². The predicted molar refractivity (Wildman–Crippen MR) is 87.3 cm³/mol. The van der Waals surface area contributed by atoms with Gasteiger partial charge in [-0.25, -0.2) is 0 Å². The molecule has 0 aliphatic carbocycles. The van der Waals surface area contributed by atoms with Crippen molar-refractivity contribution in [3.8, 4) is 0 Å². The number of aliphatic hydroxyl groups is 1. The summed E-state index contributed by atoms with van der Waals surface area (Å²) >= 11 is 6.20. The Morgan fingerprint density at radius 1 is 1.33 bits per heavy atom. The van der Waals surface area contributed by atoms with Gasteiger partial charge in [-0.2, -0.15) is 0 Å². The van der Waals surface area contributed by atoms with Crippen LogP contribution >= 0.6 is 11.6 Å². The van der Waals surface area contributed by atoms with E-state index in [1.807, 2.05) is 6.92 Å². The summed E-state index contributed by atoms with van der Waals surface area (Å²) in [6, 6.07) is 6.85. The molecule has 2 N–H and O–H groups in total. The number of hydrogen-bond donors (Lipinski definition) is 2. The number of hydrogen-bond acceptors (Lipinski definition) is 4. The first-order valence-electron chi connectivity index (χ1n) is 7.64. The molecule has 2 rings (SSSR count). The van der Waals surface area contributed by atoms with Gasteiger partial charge in [0.05, 0.1) is 19.8 Å². The lowest BCUT2D eigenvalue weighted by Gasteiger charge is -2.34. The molecule has 1 aliphatic rings. The van der Waals surface area contributed by atoms with Gasteiger partial charge in [-0.1, -0.05) is 17.7 Å². The van der Waals surface area contributed by atoms with E-state index in [0.717, 1.165) is 43.1 Å². The molecule has 0 spiro atoms. The topological polar surface area (TPSA) is 44.7 Å². The first-order valence-corrected chi connectivity index (χ1v) is 8.01. The fraction of sp³-hybridized carbons (Fsp3) is 0.625. The maximum atomic E-state index is 8.63. The van der Waals surface area contributed by atoms with Crippen LogP contribution in [0, 0.1) is 6.92 Å². The van der Waals surface area contributed by atoms with Crippen LogP contribution in [-0.4, -0.2) is 50.6 Å². The maximum Gasteiger partial charge on any atom is 0.0698 e. The Balaban J connectivity index is 1.71. The van der Waals surface area contributed by atoms with E-state index in [9.17, 15) is 0 Å². The highest BCUT2D eigenvalue weighted by molar-refractivity contribution is 6.31. The van der Waals surface area contributed by atoms with Crippen LogP contribution < -0.4 is 10.2 Å². The molecule has 21 heavy (non-hydrogen) atoms. The van der Waals surface area contributed by atoms with Gasteiger partial charge in [0.2, 0.25) is 0 Å². The third-order valence-corrected chi connectivity index (χ3v) is 4.34. The maximum absolute atomic E-state index is 8.63. The van der Waals surface area contributed by atoms with Crippen LogP contribution in [0.4, 0.5) is 5.69 Å². The molecule has 4 nitrogen and oxygen atoms in total. The van der Waals surface area contributed by atoms with Crippen molar-refractivity contribution in [3.63, 3.8) is 0 Å². The Morgan fingerprint density at radius 2 is 2.10 bits per heavy atom. The second kappa shape index (κ2) is 8.59. The zero-order valence-corrected chi connectivity index (χ0v) is 13.4. The Bertz CT molecular complexity index is 434. The molecular weight excluding hydrogens is 288 g/mol. The summed E-state index contributed by atoms with van der Waals surface area (Å²) in [6.45, 7) is 6.16. The lowest BCUT2D eigenvalue weighted by molar-refractivity contribution is 0.0921. The third-order valence-electron chi connectivity index (χ3n) is 3.93. The van der Waals surface area contributed by atoms with Crippen molar-refractivity contribution >= 4 is 17.3 Å². The first kappa shape index (κ1) is 16.6. The zero-order chi connectivity index (χ0) is 15.1. The van der Waals surface area contributed by atoms with Crippen LogP contribution in [0.25, 0.3) is 0 Å². The molecule has 0 amide bonds. The number of piperidine rings is 1. The van der Waals surface area contributed by atoms with Gasteiger partial charge in [0.15, 0.2) is 0 Å². The molecule has 0 aromatic heterocycles. The van der Waals surface area contributed by atoms with E-state index in [4.69, 9.17) is 21.4 Å². The van der Waals surface area contributed by atoms with Gasteiger partial charge in [0.1, 0.15) is 0 Å². The standard InChI is InChI=1S/C16H25ClN2O2/c1-13-2-3-15(12-16(13)17)19-7-4-14(5-8-19)18-6-10-21-11-9-20/h2-3,12,14,18,20H,4-11H2,1H3. The number of ether oxygens (including phenoxy) is 1. The molecule has 1 aromatic carbocycles. The number of rotatable bonds is 7. The molecule has 0 atom stereocenters. The number of nitrogens with one attached hydrogen (secondary N) is 1. The van der Waals surface area contributed by atoms with Crippen LogP contribution in [0.2, 0.25) is 5.02 Å². The summed E-state index contributed by atoms with van der Waals surface area (Å²) in [4.78, 5) is 2.39. The summed E-state index contributed by atoms with van der Waals surface area (Å²) in [6.07, 6.45) is 2.26. The van der Waals surface area contributed by atoms with E-state index in [1.165, 1.54) is 5.69 Å². The summed E-state index contributed by atoms with van der Waals surface area (Å²) in [5.41, 5.74) is 2.34. The van der Waals surface area contributed by atoms with E-state index in [-0.39, 0.29) is 6.61 Å². The van der Waals surface area contributed by atoms with Crippen molar-refractivity contribution < 1.29 is 9.84 Å². The molecule has 1 fully saturated rings. The summed E-state index contributed by atoms with van der Waals surface area (Å²) in [7, 11) is 0. The molecule has 0 saturated carbocycles. The Labute approximate surface area is 132 Å². The van der Waals surface area contributed by atoms with Gasteiger partial charge in [-0.3, -0.25) is 0 Å². The van der Waals surface area contributed by atoms with Crippen molar-refractivity contribution in [2.75, 3.05) is 44.4 Å². The van der Waals surface area contributed by atoms with Crippen molar-refractivity contribution in [2.24, 2.45) is 0 Å². The van der Waals surface area contributed by atoms with Crippen molar-refractivity contribution in [3.05, 3.63) is 28.8 Å².